The van der Waals surface area contributed by atoms with Crippen molar-refractivity contribution < 1.29 is 0 Å². The van der Waals surface area contributed by atoms with E-state index >= 15 is 0 Å². The van der Waals surface area contributed by atoms with Crippen molar-refractivity contribution in [1.82, 2.24) is 15.6 Å². The zero-order valence-corrected chi connectivity index (χ0v) is 12.6. The number of rotatable bonds is 4. The Bertz CT molecular complexity index is 348. The van der Waals surface area contributed by atoms with Crippen molar-refractivity contribution >= 4 is 41.3 Å². The van der Waals surface area contributed by atoms with Crippen LogP contribution in [0.4, 0.5) is 0 Å². The number of hydrogen-bond donors (Lipinski definition) is 2. The van der Waals surface area contributed by atoms with Gasteiger partial charge in [-0.15, -0.1) is 41.9 Å². The van der Waals surface area contributed by atoms with Gasteiger partial charge in [0.1, 0.15) is 5.01 Å². The minimum absolute atomic E-state index is 0. The molecule has 6 heteroatoms. The van der Waals surface area contributed by atoms with Crippen LogP contribution in [0.25, 0.3) is 0 Å². The summed E-state index contributed by atoms with van der Waals surface area (Å²) >= 11 is 1.69. The average Bonchev–Trinajstić information content (AvgIpc) is 2.65. The van der Waals surface area contributed by atoms with Crippen molar-refractivity contribution in [1.29, 1.82) is 0 Å². The number of halogens is 1. The van der Waals surface area contributed by atoms with Gasteiger partial charge in [0.05, 0.1) is 6.54 Å². The van der Waals surface area contributed by atoms with Gasteiger partial charge in [-0.1, -0.05) is 6.08 Å². The Labute approximate surface area is 117 Å². The second-order valence-corrected chi connectivity index (χ2v) is 4.28. The summed E-state index contributed by atoms with van der Waals surface area (Å²) in [5.74, 6) is 0.766. The fourth-order valence-electron chi connectivity index (χ4n) is 1.03. The summed E-state index contributed by atoms with van der Waals surface area (Å²) in [6.07, 6.45) is 3.67. The molecular formula is C10H17IN4S. The third-order valence-electron chi connectivity index (χ3n) is 1.71. The van der Waals surface area contributed by atoms with Gasteiger partial charge in [-0.05, 0) is 6.92 Å². The lowest BCUT2D eigenvalue weighted by atomic mass is 10.6. The lowest BCUT2D eigenvalue weighted by molar-refractivity contribution is 0.840. The first-order valence-corrected chi connectivity index (χ1v) is 5.54. The molecule has 4 nitrogen and oxygen atoms in total. The monoisotopic (exact) mass is 352 g/mol. The number of hydrogen-bond acceptors (Lipinski definition) is 3. The van der Waals surface area contributed by atoms with Crippen LogP contribution >= 0.6 is 35.3 Å². The first-order valence-electron chi connectivity index (χ1n) is 4.73. The van der Waals surface area contributed by atoms with Gasteiger partial charge in [-0.25, -0.2) is 4.98 Å². The molecule has 0 unspecified atom stereocenters. The van der Waals surface area contributed by atoms with Crippen LogP contribution < -0.4 is 10.6 Å². The molecule has 1 aromatic heterocycles. The molecule has 0 aromatic carbocycles. The summed E-state index contributed by atoms with van der Waals surface area (Å²) in [4.78, 5) is 9.55. The van der Waals surface area contributed by atoms with Crippen LogP contribution in [0.1, 0.15) is 9.88 Å². The van der Waals surface area contributed by atoms with Crippen molar-refractivity contribution in [2.24, 2.45) is 4.99 Å². The number of aromatic nitrogens is 1. The molecule has 1 aromatic rings. The molecule has 1 rings (SSSR count). The number of nitrogens with zero attached hydrogens (tertiary/aromatic N) is 2. The van der Waals surface area contributed by atoms with Gasteiger partial charge in [0.2, 0.25) is 0 Å². The molecule has 0 amide bonds. The van der Waals surface area contributed by atoms with E-state index in [2.05, 4.69) is 27.2 Å². The number of nitrogens with one attached hydrogen (secondary N) is 2. The smallest absolute Gasteiger partial charge is 0.191 e. The third-order valence-corrected chi connectivity index (χ3v) is 2.63. The van der Waals surface area contributed by atoms with Gasteiger partial charge in [-0.3, -0.25) is 4.99 Å². The summed E-state index contributed by atoms with van der Waals surface area (Å²) in [5.41, 5.74) is 0. The largest absolute Gasteiger partial charge is 0.353 e. The maximum atomic E-state index is 4.26. The molecule has 0 aliphatic carbocycles. The number of guanidine groups is 1. The molecule has 90 valence electrons. The van der Waals surface area contributed by atoms with E-state index in [1.54, 1.807) is 24.5 Å². The summed E-state index contributed by atoms with van der Waals surface area (Å²) in [5, 5.41) is 7.33. The van der Waals surface area contributed by atoms with E-state index in [-0.39, 0.29) is 24.0 Å². The van der Waals surface area contributed by atoms with Crippen molar-refractivity contribution in [2.75, 3.05) is 13.6 Å². The minimum atomic E-state index is 0. The van der Waals surface area contributed by atoms with Crippen LogP contribution in [-0.4, -0.2) is 24.5 Å². The molecule has 0 atom stereocenters. The Morgan fingerprint density at radius 1 is 1.62 bits per heavy atom. The van der Waals surface area contributed by atoms with E-state index in [4.69, 9.17) is 0 Å². The first-order chi connectivity index (χ1) is 7.26. The summed E-state index contributed by atoms with van der Waals surface area (Å²) < 4.78 is 0. The van der Waals surface area contributed by atoms with E-state index in [1.165, 1.54) is 4.88 Å². The summed E-state index contributed by atoms with van der Waals surface area (Å²) in [6.45, 7) is 7.09. The molecule has 0 spiro atoms. The maximum Gasteiger partial charge on any atom is 0.191 e. The molecule has 0 aliphatic rings. The molecule has 2 N–H and O–H groups in total. The molecule has 0 aliphatic heterocycles. The zero-order valence-electron chi connectivity index (χ0n) is 9.49. The fourth-order valence-corrected chi connectivity index (χ4v) is 1.76. The highest BCUT2D eigenvalue weighted by Gasteiger charge is 1.99. The SMILES string of the molecule is C=CCNC(=NC)NCc1ncc(C)s1.I. The van der Waals surface area contributed by atoms with Crippen LogP contribution in [0.2, 0.25) is 0 Å². The highest BCUT2D eigenvalue weighted by atomic mass is 127. The standard InChI is InChI=1S/C10H16N4S.HI/c1-4-5-12-10(11-3)14-7-9-13-6-8(2)15-9;/h4,6H,1,5,7H2,2-3H3,(H2,11,12,14);1H. The summed E-state index contributed by atoms with van der Waals surface area (Å²) in [7, 11) is 1.74. The third kappa shape index (κ3) is 5.45. The first kappa shape index (κ1) is 15.4. The highest BCUT2D eigenvalue weighted by Crippen LogP contribution is 2.10. The Hall–Kier alpha value is -0.630. The lowest BCUT2D eigenvalue weighted by Crippen LogP contribution is -2.36. The second-order valence-electron chi connectivity index (χ2n) is 2.96. The topological polar surface area (TPSA) is 49.3 Å². The van der Waals surface area contributed by atoms with Crippen molar-refractivity contribution in [3.63, 3.8) is 0 Å². The molecular weight excluding hydrogens is 335 g/mol. The number of thiazole rings is 1. The van der Waals surface area contributed by atoms with Crippen LogP contribution in [-0.2, 0) is 6.54 Å². The van der Waals surface area contributed by atoms with Gasteiger partial charge >= 0.3 is 0 Å². The molecule has 0 saturated carbocycles. The van der Waals surface area contributed by atoms with Crippen molar-refractivity contribution in [3.05, 3.63) is 28.7 Å². The van der Waals surface area contributed by atoms with E-state index in [0.717, 1.165) is 11.0 Å². The molecule has 0 radical (unpaired) electrons. The van der Waals surface area contributed by atoms with Crippen LogP contribution in [0.15, 0.2) is 23.8 Å². The second kappa shape index (κ2) is 8.51. The maximum absolute atomic E-state index is 4.26. The normalized spacial score (nSPS) is 10.5. The zero-order chi connectivity index (χ0) is 11.1. The average molecular weight is 352 g/mol. The summed E-state index contributed by atoms with van der Waals surface area (Å²) in [6, 6.07) is 0. The Balaban J connectivity index is 0.00000225. The van der Waals surface area contributed by atoms with Gasteiger partial charge in [0.15, 0.2) is 5.96 Å². The Morgan fingerprint density at radius 3 is 2.88 bits per heavy atom. The minimum Gasteiger partial charge on any atom is -0.353 e. The van der Waals surface area contributed by atoms with Crippen LogP contribution in [0.3, 0.4) is 0 Å². The molecule has 1 heterocycles. The predicted molar refractivity (Wildman–Crippen MR) is 80.7 cm³/mol. The molecule has 16 heavy (non-hydrogen) atoms. The fraction of sp³-hybridized carbons (Fsp3) is 0.400. The molecule has 0 bridgehead atoms. The van der Waals surface area contributed by atoms with Gasteiger partial charge in [-0.2, -0.15) is 0 Å². The van der Waals surface area contributed by atoms with E-state index in [0.29, 0.717) is 13.1 Å². The van der Waals surface area contributed by atoms with E-state index < -0.39 is 0 Å². The lowest BCUT2D eigenvalue weighted by Gasteiger charge is -2.08. The van der Waals surface area contributed by atoms with Gasteiger partial charge in [0.25, 0.3) is 0 Å². The Kier molecular flexibility index (Phi) is 8.18. The van der Waals surface area contributed by atoms with Gasteiger partial charge in [0, 0.05) is 24.7 Å². The van der Waals surface area contributed by atoms with Crippen LogP contribution in [0, 0.1) is 6.92 Å². The molecule has 0 fully saturated rings. The Morgan fingerprint density at radius 2 is 2.38 bits per heavy atom. The van der Waals surface area contributed by atoms with Crippen molar-refractivity contribution in [3.8, 4) is 0 Å². The number of aliphatic imine (C=N–C) groups is 1. The molecule has 0 saturated heterocycles. The predicted octanol–water partition coefficient (Wildman–Crippen LogP) is 1.92. The van der Waals surface area contributed by atoms with E-state index in [9.17, 15) is 0 Å². The van der Waals surface area contributed by atoms with Crippen LogP contribution in [0.5, 0.6) is 0 Å². The highest BCUT2D eigenvalue weighted by molar-refractivity contribution is 14.0. The number of aryl methyl sites for hydroxylation is 1. The quantitative estimate of drug-likeness (QED) is 0.377. The van der Waals surface area contributed by atoms with E-state index in [1.807, 2.05) is 13.1 Å². The van der Waals surface area contributed by atoms with Crippen molar-refractivity contribution in [2.45, 2.75) is 13.5 Å². The van der Waals surface area contributed by atoms with Gasteiger partial charge < -0.3 is 10.6 Å².